The van der Waals surface area contributed by atoms with Crippen molar-refractivity contribution in [3.63, 3.8) is 0 Å². The van der Waals surface area contributed by atoms with Gasteiger partial charge in [-0.15, -0.1) is 0 Å². The molecule has 4 heteroatoms. The number of ether oxygens (including phenoxy) is 1. The van der Waals surface area contributed by atoms with E-state index in [0.717, 1.165) is 31.9 Å². The summed E-state index contributed by atoms with van der Waals surface area (Å²) in [5.41, 5.74) is 5.61. The molecule has 1 fully saturated rings. The molecule has 0 saturated carbocycles. The maximum absolute atomic E-state index is 5.61. The predicted octanol–water partition coefficient (Wildman–Crippen LogP) is 1.13. The van der Waals surface area contributed by atoms with Crippen molar-refractivity contribution in [2.45, 2.75) is 25.8 Å². The highest BCUT2D eigenvalue weighted by molar-refractivity contribution is 5.26. The van der Waals surface area contributed by atoms with E-state index in [1.807, 2.05) is 13.1 Å². The first-order chi connectivity index (χ1) is 6.27. The van der Waals surface area contributed by atoms with Crippen molar-refractivity contribution >= 4 is 5.82 Å². The fourth-order valence-electron chi connectivity index (χ4n) is 1.82. The Morgan fingerprint density at radius 2 is 2.54 bits per heavy atom. The highest BCUT2D eigenvalue weighted by Gasteiger charge is 2.17. The molecule has 13 heavy (non-hydrogen) atoms. The molecule has 4 nitrogen and oxygen atoms in total. The average Bonchev–Trinajstić information content (AvgIpc) is 2.47. The summed E-state index contributed by atoms with van der Waals surface area (Å²) in [6.07, 6.45) is 4.19. The number of aryl methyl sites for hydroxylation is 1. The van der Waals surface area contributed by atoms with Crippen LogP contribution in [0, 0.1) is 6.92 Å². The van der Waals surface area contributed by atoms with E-state index in [1.54, 1.807) is 0 Å². The van der Waals surface area contributed by atoms with Crippen molar-refractivity contribution in [3.8, 4) is 0 Å². The Bertz CT molecular complexity index is 289. The molecule has 0 bridgehead atoms. The number of rotatable bonds is 1. The summed E-state index contributed by atoms with van der Waals surface area (Å²) in [6, 6.07) is 0.429. The molecule has 0 aromatic carbocycles. The lowest BCUT2D eigenvalue weighted by Crippen LogP contribution is -2.21. The van der Waals surface area contributed by atoms with Gasteiger partial charge in [-0.3, -0.25) is 0 Å². The minimum atomic E-state index is 0.429. The van der Waals surface area contributed by atoms with E-state index in [2.05, 4.69) is 9.55 Å². The maximum Gasteiger partial charge on any atom is 0.141 e. The largest absolute Gasteiger partial charge is 0.382 e. The zero-order chi connectivity index (χ0) is 9.26. The minimum Gasteiger partial charge on any atom is -0.382 e. The molecular formula is C9H15N3O. The van der Waals surface area contributed by atoms with Gasteiger partial charge in [0.1, 0.15) is 11.6 Å². The summed E-state index contributed by atoms with van der Waals surface area (Å²) in [5.74, 6) is 1.58. The van der Waals surface area contributed by atoms with Gasteiger partial charge in [-0.05, 0) is 19.8 Å². The van der Waals surface area contributed by atoms with Crippen LogP contribution in [0.25, 0.3) is 0 Å². The van der Waals surface area contributed by atoms with Gasteiger partial charge in [-0.25, -0.2) is 4.98 Å². The minimum absolute atomic E-state index is 0.429. The number of nitrogen functional groups attached to an aromatic ring is 1. The SMILES string of the molecule is Cc1nc(N)cn1C1CCCOC1. The first-order valence-corrected chi connectivity index (χ1v) is 4.66. The number of aromatic nitrogens is 2. The normalized spacial score (nSPS) is 23.3. The molecule has 1 saturated heterocycles. The van der Waals surface area contributed by atoms with E-state index < -0.39 is 0 Å². The Balaban J connectivity index is 2.18. The zero-order valence-corrected chi connectivity index (χ0v) is 7.86. The van der Waals surface area contributed by atoms with Crippen molar-refractivity contribution in [1.82, 2.24) is 9.55 Å². The number of anilines is 1. The number of imidazole rings is 1. The summed E-state index contributed by atoms with van der Waals surface area (Å²) in [4.78, 5) is 4.17. The summed E-state index contributed by atoms with van der Waals surface area (Å²) in [6.45, 7) is 3.65. The zero-order valence-electron chi connectivity index (χ0n) is 7.86. The van der Waals surface area contributed by atoms with E-state index in [9.17, 15) is 0 Å². The van der Waals surface area contributed by atoms with E-state index >= 15 is 0 Å². The van der Waals surface area contributed by atoms with E-state index in [4.69, 9.17) is 10.5 Å². The molecule has 2 rings (SSSR count). The molecule has 1 aromatic rings. The topological polar surface area (TPSA) is 53.1 Å². The molecule has 0 spiro atoms. The van der Waals surface area contributed by atoms with E-state index in [0.29, 0.717) is 11.9 Å². The number of hydrogen-bond acceptors (Lipinski definition) is 3. The predicted molar refractivity (Wildman–Crippen MR) is 50.5 cm³/mol. The van der Waals surface area contributed by atoms with Gasteiger partial charge in [0.15, 0.2) is 0 Å². The molecule has 1 aliphatic rings. The summed E-state index contributed by atoms with van der Waals surface area (Å²) in [5, 5.41) is 0. The Morgan fingerprint density at radius 1 is 1.69 bits per heavy atom. The van der Waals surface area contributed by atoms with Crippen LogP contribution < -0.4 is 5.73 Å². The lowest BCUT2D eigenvalue weighted by atomic mass is 10.1. The van der Waals surface area contributed by atoms with Crippen LogP contribution in [-0.2, 0) is 4.74 Å². The van der Waals surface area contributed by atoms with Gasteiger partial charge >= 0.3 is 0 Å². The lowest BCUT2D eigenvalue weighted by molar-refractivity contribution is 0.0585. The van der Waals surface area contributed by atoms with Gasteiger partial charge in [0.2, 0.25) is 0 Å². The van der Waals surface area contributed by atoms with Crippen LogP contribution in [0.1, 0.15) is 24.7 Å². The quantitative estimate of drug-likeness (QED) is 0.706. The smallest absolute Gasteiger partial charge is 0.141 e. The Hall–Kier alpha value is -1.03. The van der Waals surface area contributed by atoms with Gasteiger partial charge in [0.05, 0.1) is 12.6 Å². The third-order valence-electron chi connectivity index (χ3n) is 2.47. The first-order valence-electron chi connectivity index (χ1n) is 4.66. The lowest BCUT2D eigenvalue weighted by Gasteiger charge is -2.24. The molecule has 1 atom stereocenters. The first kappa shape index (κ1) is 8.56. The molecule has 1 aliphatic heterocycles. The van der Waals surface area contributed by atoms with Crippen LogP contribution in [0.4, 0.5) is 5.82 Å². The highest BCUT2D eigenvalue weighted by Crippen LogP contribution is 2.21. The maximum atomic E-state index is 5.61. The molecule has 1 unspecified atom stereocenters. The fourth-order valence-corrected chi connectivity index (χ4v) is 1.82. The van der Waals surface area contributed by atoms with Gasteiger partial charge in [0, 0.05) is 12.8 Å². The van der Waals surface area contributed by atoms with Crippen LogP contribution in [0.3, 0.4) is 0 Å². The van der Waals surface area contributed by atoms with Crippen LogP contribution in [0.2, 0.25) is 0 Å². The highest BCUT2D eigenvalue weighted by atomic mass is 16.5. The third-order valence-corrected chi connectivity index (χ3v) is 2.47. The van der Waals surface area contributed by atoms with Crippen LogP contribution in [-0.4, -0.2) is 22.8 Å². The molecule has 2 N–H and O–H groups in total. The van der Waals surface area contributed by atoms with Gasteiger partial charge in [0.25, 0.3) is 0 Å². The average molecular weight is 181 g/mol. The van der Waals surface area contributed by atoms with E-state index in [1.165, 1.54) is 0 Å². The van der Waals surface area contributed by atoms with Crippen LogP contribution in [0.15, 0.2) is 6.20 Å². The Morgan fingerprint density at radius 3 is 3.08 bits per heavy atom. The molecule has 0 aliphatic carbocycles. The monoisotopic (exact) mass is 181 g/mol. The molecule has 2 heterocycles. The molecule has 1 aromatic heterocycles. The molecular weight excluding hydrogens is 166 g/mol. The Kier molecular flexibility index (Phi) is 2.22. The summed E-state index contributed by atoms with van der Waals surface area (Å²) in [7, 11) is 0. The van der Waals surface area contributed by atoms with Crippen molar-refractivity contribution in [2.75, 3.05) is 18.9 Å². The second-order valence-corrected chi connectivity index (χ2v) is 3.49. The Labute approximate surface area is 77.7 Å². The fraction of sp³-hybridized carbons (Fsp3) is 0.667. The number of nitrogens with zero attached hydrogens (tertiary/aromatic N) is 2. The van der Waals surface area contributed by atoms with Crippen LogP contribution >= 0.6 is 0 Å². The van der Waals surface area contributed by atoms with Crippen molar-refractivity contribution < 1.29 is 4.74 Å². The molecule has 0 amide bonds. The van der Waals surface area contributed by atoms with Crippen molar-refractivity contribution in [1.29, 1.82) is 0 Å². The van der Waals surface area contributed by atoms with Crippen LogP contribution in [0.5, 0.6) is 0 Å². The summed E-state index contributed by atoms with van der Waals surface area (Å²) >= 11 is 0. The van der Waals surface area contributed by atoms with Crippen molar-refractivity contribution in [2.24, 2.45) is 0 Å². The van der Waals surface area contributed by atoms with E-state index in [-0.39, 0.29) is 0 Å². The number of nitrogens with two attached hydrogens (primary N) is 1. The second-order valence-electron chi connectivity index (χ2n) is 3.49. The van der Waals surface area contributed by atoms with Gasteiger partial charge in [-0.2, -0.15) is 0 Å². The second kappa shape index (κ2) is 3.38. The van der Waals surface area contributed by atoms with Gasteiger partial charge < -0.3 is 15.0 Å². The van der Waals surface area contributed by atoms with Gasteiger partial charge in [-0.1, -0.05) is 0 Å². The molecule has 0 radical (unpaired) electrons. The van der Waals surface area contributed by atoms with Crippen molar-refractivity contribution in [3.05, 3.63) is 12.0 Å². The summed E-state index contributed by atoms with van der Waals surface area (Å²) < 4.78 is 7.53. The standard InChI is InChI=1S/C9H15N3O/c1-7-11-9(10)5-12(7)8-3-2-4-13-6-8/h5,8H,2-4,6,10H2,1H3. The number of hydrogen-bond donors (Lipinski definition) is 1. The molecule has 72 valence electrons. The third kappa shape index (κ3) is 1.67.